The van der Waals surface area contributed by atoms with E-state index in [4.69, 9.17) is 9.15 Å². The Balaban J connectivity index is 1.84. The van der Waals surface area contributed by atoms with Gasteiger partial charge in [0.2, 0.25) is 0 Å². The van der Waals surface area contributed by atoms with Gasteiger partial charge in [0, 0.05) is 6.54 Å². The van der Waals surface area contributed by atoms with Crippen molar-refractivity contribution in [2.45, 2.75) is 20.0 Å². The molecule has 0 fully saturated rings. The number of ether oxygens (including phenoxy) is 1. The summed E-state index contributed by atoms with van der Waals surface area (Å²) in [5, 5.41) is 3.28. The Morgan fingerprint density at radius 3 is 3.06 bits per heavy atom. The molecule has 1 heterocycles. The molecule has 17 heavy (non-hydrogen) atoms. The zero-order valence-corrected chi connectivity index (χ0v) is 9.85. The van der Waals surface area contributed by atoms with Crippen molar-refractivity contribution in [1.82, 2.24) is 10.3 Å². The number of rotatable bonds is 6. The van der Waals surface area contributed by atoms with Crippen molar-refractivity contribution in [3.8, 4) is 5.75 Å². The summed E-state index contributed by atoms with van der Waals surface area (Å²) >= 11 is 0. The van der Waals surface area contributed by atoms with E-state index in [0.29, 0.717) is 13.2 Å². The third-order valence-electron chi connectivity index (χ3n) is 2.32. The highest BCUT2D eigenvalue weighted by Crippen LogP contribution is 2.13. The molecular formula is C13H16N2O2. The van der Waals surface area contributed by atoms with E-state index in [9.17, 15) is 0 Å². The fraction of sp³-hybridized carbons (Fsp3) is 0.308. The molecule has 0 spiro atoms. The minimum atomic E-state index is 0.679. The number of benzene rings is 1. The Kier molecular flexibility index (Phi) is 4.16. The average Bonchev–Trinajstić information content (AvgIpc) is 2.83. The van der Waals surface area contributed by atoms with Crippen molar-refractivity contribution in [2.24, 2.45) is 0 Å². The first kappa shape index (κ1) is 11.7. The summed E-state index contributed by atoms with van der Waals surface area (Å²) in [6.45, 7) is 4.13. The van der Waals surface area contributed by atoms with Gasteiger partial charge in [-0.3, -0.25) is 0 Å². The molecule has 1 aromatic heterocycles. The Bertz CT molecular complexity index is 440. The number of nitrogens with zero attached hydrogens (tertiary/aromatic N) is 1. The molecular weight excluding hydrogens is 216 g/mol. The number of hydrogen-bond acceptors (Lipinski definition) is 4. The number of aromatic nitrogens is 1. The standard InChI is InChI=1S/C13H16N2O2/c1-2-16-12-5-3-4-11(6-12)7-14-8-13-9-15-10-17-13/h3-6,9-10,14H,2,7-8H2,1H3. The molecule has 4 nitrogen and oxygen atoms in total. The van der Waals surface area contributed by atoms with Gasteiger partial charge in [0.15, 0.2) is 6.39 Å². The molecule has 0 aliphatic rings. The molecule has 0 aliphatic carbocycles. The maximum Gasteiger partial charge on any atom is 0.180 e. The molecule has 2 rings (SSSR count). The van der Waals surface area contributed by atoms with Crippen molar-refractivity contribution in [2.75, 3.05) is 6.61 Å². The van der Waals surface area contributed by atoms with Crippen LogP contribution in [0, 0.1) is 0 Å². The van der Waals surface area contributed by atoms with Crippen LogP contribution in [0.25, 0.3) is 0 Å². The molecule has 2 aromatic rings. The van der Waals surface area contributed by atoms with Gasteiger partial charge in [-0.1, -0.05) is 12.1 Å². The minimum Gasteiger partial charge on any atom is -0.494 e. The lowest BCUT2D eigenvalue weighted by molar-refractivity contribution is 0.340. The minimum absolute atomic E-state index is 0.679. The van der Waals surface area contributed by atoms with Gasteiger partial charge in [-0.05, 0) is 24.6 Å². The summed E-state index contributed by atoms with van der Waals surface area (Å²) < 4.78 is 10.6. The summed E-state index contributed by atoms with van der Waals surface area (Å²) in [5.41, 5.74) is 1.19. The van der Waals surface area contributed by atoms with E-state index < -0.39 is 0 Å². The van der Waals surface area contributed by atoms with E-state index in [1.165, 1.54) is 12.0 Å². The number of nitrogens with one attached hydrogen (secondary N) is 1. The topological polar surface area (TPSA) is 47.3 Å². The van der Waals surface area contributed by atoms with Crippen LogP contribution < -0.4 is 10.1 Å². The van der Waals surface area contributed by atoms with Crippen LogP contribution in [0.3, 0.4) is 0 Å². The summed E-state index contributed by atoms with van der Waals surface area (Å²) in [6.07, 6.45) is 3.15. The van der Waals surface area contributed by atoms with Crippen LogP contribution in [0.1, 0.15) is 18.2 Å². The fourth-order valence-electron chi connectivity index (χ4n) is 1.57. The lowest BCUT2D eigenvalue weighted by atomic mass is 10.2. The van der Waals surface area contributed by atoms with Gasteiger partial charge in [0.25, 0.3) is 0 Å². The predicted molar refractivity (Wildman–Crippen MR) is 64.7 cm³/mol. The van der Waals surface area contributed by atoms with Gasteiger partial charge in [-0.25, -0.2) is 4.98 Å². The van der Waals surface area contributed by atoms with E-state index in [1.807, 2.05) is 25.1 Å². The van der Waals surface area contributed by atoms with Crippen LogP contribution in [0.5, 0.6) is 5.75 Å². The summed E-state index contributed by atoms with van der Waals surface area (Å²) in [4.78, 5) is 3.86. The molecule has 0 amide bonds. The van der Waals surface area contributed by atoms with Crippen molar-refractivity contribution in [3.05, 3.63) is 48.2 Å². The normalized spacial score (nSPS) is 10.4. The monoisotopic (exact) mass is 232 g/mol. The quantitative estimate of drug-likeness (QED) is 0.830. The van der Waals surface area contributed by atoms with E-state index >= 15 is 0 Å². The van der Waals surface area contributed by atoms with E-state index in [0.717, 1.165) is 18.1 Å². The molecule has 0 saturated heterocycles. The lowest BCUT2D eigenvalue weighted by Gasteiger charge is -2.06. The second kappa shape index (κ2) is 6.06. The molecule has 0 aliphatic heterocycles. The second-order valence-electron chi connectivity index (χ2n) is 3.65. The number of oxazole rings is 1. The van der Waals surface area contributed by atoms with E-state index in [1.54, 1.807) is 6.20 Å². The van der Waals surface area contributed by atoms with Crippen LogP contribution in [0.15, 0.2) is 41.3 Å². The highest BCUT2D eigenvalue weighted by atomic mass is 16.5. The van der Waals surface area contributed by atoms with Gasteiger partial charge >= 0.3 is 0 Å². The van der Waals surface area contributed by atoms with Crippen LogP contribution in [-0.2, 0) is 13.1 Å². The Morgan fingerprint density at radius 1 is 1.35 bits per heavy atom. The second-order valence-corrected chi connectivity index (χ2v) is 3.65. The van der Waals surface area contributed by atoms with Crippen molar-refractivity contribution >= 4 is 0 Å². The predicted octanol–water partition coefficient (Wildman–Crippen LogP) is 2.36. The molecule has 0 unspecified atom stereocenters. The van der Waals surface area contributed by atoms with E-state index in [2.05, 4.69) is 16.4 Å². The van der Waals surface area contributed by atoms with Gasteiger partial charge in [-0.2, -0.15) is 0 Å². The molecule has 0 saturated carbocycles. The fourth-order valence-corrected chi connectivity index (χ4v) is 1.57. The molecule has 0 bridgehead atoms. The zero-order chi connectivity index (χ0) is 11.9. The Morgan fingerprint density at radius 2 is 2.29 bits per heavy atom. The Labute approximate surface area is 101 Å². The maximum atomic E-state index is 5.44. The molecule has 0 atom stereocenters. The maximum absolute atomic E-state index is 5.44. The largest absolute Gasteiger partial charge is 0.494 e. The average molecular weight is 232 g/mol. The molecule has 1 N–H and O–H groups in total. The van der Waals surface area contributed by atoms with Crippen molar-refractivity contribution in [1.29, 1.82) is 0 Å². The molecule has 1 aromatic carbocycles. The molecule has 90 valence electrons. The summed E-state index contributed by atoms with van der Waals surface area (Å²) in [5.74, 6) is 1.75. The molecule has 0 radical (unpaired) electrons. The van der Waals surface area contributed by atoms with Gasteiger partial charge in [0.05, 0.1) is 19.3 Å². The highest BCUT2D eigenvalue weighted by Gasteiger charge is 1.98. The third kappa shape index (κ3) is 3.60. The summed E-state index contributed by atoms with van der Waals surface area (Å²) in [7, 11) is 0. The molecule has 4 heteroatoms. The highest BCUT2D eigenvalue weighted by molar-refractivity contribution is 5.28. The van der Waals surface area contributed by atoms with Crippen LogP contribution in [-0.4, -0.2) is 11.6 Å². The number of hydrogen-bond donors (Lipinski definition) is 1. The Hall–Kier alpha value is -1.81. The van der Waals surface area contributed by atoms with Gasteiger partial charge < -0.3 is 14.5 Å². The van der Waals surface area contributed by atoms with E-state index in [-0.39, 0.29) is 0 Å². The SMILES string of the molecule is CCOc1cccc(CNCc2cnco2)c1. The summed E-state index contributed by atoms with van der Waals surface area (Å²) in [6, 6.07) is 8.06. The van der Waals surface area contributed by atoms with Crippen molar-refractivity contribution < 1.29 is 9.15 Å². The van der Waals surface area contributed by atoms with Gasteiger partial charge in [0.1, 0.15) is 11.5 Å². The lowest BCUT2D eigenvalue weighted by Crippen LogP contribution is -2.12. The zero-order valence-electron chi connectivity index (χ0n) is 9.85. The van der Waals surface area contributed by atoms with Crippen molar-refractivity contribution in [3.63, 3.8) is 0 Å². The first-order valence-corrected chi connectivity index (χ1v) is 5.68. The van der Waals surface area contributed by atoms with Crippen LogP contribution in [0.4, 0.5) is 0 Å². The van der Waals surface area contributed by atoms with Crippen LogP contribution >= 0.6 is 0 Å². The first-order chi connectivity index (χ1) is 8.38. The smallest absolute Gasteiger partial charge is 0.180 e. The van der Waals surface area contributed by atoms with Gasteiger partial charge in [-0.15, -0.1) is 0 Å². The third-order valence-corrected chi connectivity index (χ3v) is 2.32. The van der Waals surface area contributed by atoms with Crippen LogP contribution in [0.2, 0.25) is 0 Å². The first-order valence-electron chi connectivity index (χ1n) is 5.68.